The van der Waals surface area contributed by atoms with Gasteiger partial charge >= 0.3 is 0 Å². The van der Waals surface area contributed by atoms with Gasteiger partial charge in [-0.2, -0.15) is 0 Å². The Labute approximate surface area is 277 Å². The standard InChI is InChI=1S/C47H38/c1-46(2,3)37-25-35-15-14-30-16-20-38(41-23-19-36(26-37)44(35)45(30)41)34-13-9-12-31(24-34)33-18-22-40-39-21-17-32(29-10-7-6-8-11-29)27-42(39)47(4,5)43(40)28-33/h6-28H,1-5H3. The van der Waals surface area contributed by atoms with Gasteiger partial charge in [-0.1, -0.05) is 156 Å². The Morgan fingerprint density at radius 3 is 1.62 bits per heavy atom. The van der Waals surface area contributed by atoms with Gasteiger partial charge < -0.3 is 0 Å². The third-order valence-electron chi connectivity index (χ3n) is 10.8. The van der Waals surface area contributed by atoms with Crippen LogP contribution < -0.4 is 0 Å². The van der Waals surface area contributed by atoms with Gasteiger partial charge in [-0.3, -0.25) is 0 Å². The lowest BCUT2D eigenvalue weighted by Gasteiger charge is -2.23. The molecule has 1 aliphatic carbocycles. The maximum Gasteiger partial charge on any atom is 0.0159 e. The van der Waals surface area contributed by atoms with Crippen LogP contribution in [-0.2, 0) is 10.8 Å². The molecule has 0 heteroatoms. The molecule has 0 unspecified atom stereocenters. The second-order valence-corrected chi connectivity index (χ2v) is 15.0. The average molecular weight is 603 g/mol. The van der Waals surface area contributed by atoms with Crippen LogP contribution in [0.4, 0.5) is 0 Å². The van der Waals surface area contributed by atoms with E-state index in [0.29, 0.717) is 0 Å². The molecule has 0 nitrogen and oxygen atoms in total. The summed E-state index contributed by atoms with van der Waals surface area (Å²) >= 11 is 0. The van der Waals surface area contributed by atoms with Crippen molar-refractivity contribution < 1.29 is 0 Å². The molecule has 8 aromatic carbocycles. The molecule has 0 aromatic heterocycles. The third-order valence-corrected chi connectivity index (χ3v) is 10.8. The average Bonchev–Trinajstić information content (AvgIpc) is 3.32. The molecule has 0 fully saturated rings. The first-order chi connectivity index (χ1) is 22.7. The van der Waals surface area contributed by atoms with E-state index in [9.17, 15) is 0 Å². The molecule has 0 bridgehead atoms. The fourth-order valence-corrected chi connectivity index (χ4v) is 8.10. The fourth-order valence-electron chi connectivity index (χ4n) is 8.10. The number of benzene rings is 8. The van der Waals surface area contributed by atoms with E-state index in [-0.39, 0.29) is 10.8 Å². The molecule has 0 aliphatic heterocycles. The van der Waals surface area contributed by atoms with Gasteiger partial charge in [-0.25, -0.2) is 0 Å². The molecule has 0 amide bonds. The number of rotatable bonds is 3. The Morgan fingerprint density at radius 1 is 0.404 bits per heavy atom. The van der Waals surface area contributed by atoms with Gasteiger partial charge in [0.1, 0.15) is 0 Å². The number of hydrogen-bond donors (Lipinski definition) is 0. The van der Waals surface area contributed by atoms with Crippen LogP contribution in [0, 0.1) is 0 Å². The lowest BCUT2D eigenvalue weighted by Crippen LogP contribution is -2.15. The molecular weight excluding hydrogens is 565 g/mol. The van der Waals surface area contributed by atoms with Crippen LogP contribution in [0.2, 0.25) is 0 Å². The summed E-state index contributed by atoms with van der Waals surface area (Å²) < 4.78 is 0. The van der Waals surface area contributed by atoms with E-state index >= 15 is 0 Å². The van der Waals surface area contributed by atoms with Crippen LogP contribution in [0.15, 0.2) is 140 Å². The van der Waals surface area contributed by atoms with E-state index in [1.165, 1.54) is 93.5 Å². The summed E-state index contributed by atoms with van der Waals surface area (Å²) in [6.07, 6.45) is 0. The molecule has 1 aliphatic rings. The number of hydrogen-bond acceptors (Lipinski definition) is 0. The minimum atomic E-state index is -0.0813. The summed E-state index contributed by atoms with van der Waals surface area (Å²) in [5, 5.41) is 8.03. The molecule has 0 spiro atoms. The molecule has 0 radical (unpaired) electrons. The van der Waals surface area contributed by atoms with Crippen LogP contribution in [0.25, 0.3) is 76.8 Å². The monoisotopic (exact) mass is 602 g/mol. The van der Waals surface area contributed by atoms with Crippen molar-refractivity contribution >= 4 is 32.3 Å². The third kappa shape index (κ3) is 4.28. The van der Waals surface area contributed by atoms with Crippen molar-refractivity contribution in [2.24, 2.45) is 0 Å². The first kappa shape index (κ1) is 28.1. The van der Waals surface area contributed by atoms with Crippen LogP contribution in [0.3, 0.4) is 0 Å². The van der Waals surface area contributed by atoms with Crippen LogP contribution in [-0.4, -0.2) is 0 Å². The van der Waals surface area contributed by atoms with Crippen molar-refractivity contribution in [2.75, 3.05) is 0 Å². The first-order valence-electron chi connectivity index (χ1n) is 16.8. The van der Waals surface area contributed by atoms with E-state index in [1.807, 2.05) is 0 Å². The number of fused-ring (bicyclic) bond motifs is 3. The largest absolute Gasteiger partial charge is 0.0622 e. The summed E-state index contributed by atoms with van der Waals surface area (Å²) in [6, 6.07) is 52.6. The van der Waals surface area contributed by atoms with Gasteiger partial charge in [-0.15, -0.1) is 0 Å². The van der Waals surface area contributed by atoms with E-state index in [4.69, 9.17) is 0 Å². The van der Waals surface area contributed by atoms with Gasteiger partial charge in [0.05, 0.1) is 0 Å². The summed E-state index contributed by atoms with van der Waals surface area (Å²) in [5.74, 6) is 0. The molecule has 0 N–H and O–H groups in total. The SMILES string of the molecule is CC(C)(C)c1cc2ccc3ccc(-c4cccc(-c5ccc6c(c5)C(C)(C)c5cc(-c7ccccc7)ccc5-6)c4)c4ccc(c1)c2c34. The highest BCUT2D eigenvalue weighted by atomic mass is 14.4. The predicted molar refractivity (Wildman–Crippen MR) is 203 cm³/mol. The molecule has 8 aromatic rings. The molecule has 0 saturated carbocycles. The molecule has 0 saturated heterocycles. The highest BCUT2D eigenvalue weighted by Crippen LogP contribution is 2.51. The van der Waals surface area contributed by atoms with Crippen molar-refractivity contribution in [3.8, 4) is 44.5 Å². The Hall–Kier alpha value is -5.20. The lowest BCUT2D eigenvalue weighted by molar-refractivity contribution is 0.591. The first-order valence-corrected chi connectivity index (χ1v) is 16.8. The highest BCUT2D eigenvalue weighted by molar-refractivity contribution is 6.25. The van der Waals surface area contributed by atoms with Crippen molar-refractivity contribution in [2.45, 2.75) is 45.4 Å². The summed E-state index contributed by atoms with van der Waals surface area (Å²) in [7, 11) is 0. The molecule has 0 atom stereocenters. The van der Waals surface area contributed by atoms with Crippen molar-refractivity contribution in [3.63, 3.8) is 0 Å². The van der Waals surface area contributed by atoms with E-state index < -0.39 is 0 Å². The van der Waals surface area contributed by atoms with Crippen molar-refractivity contribution in [3.05, 3.63) is 156 Å². The van der Waals surface area contributed by atoms with Crippen molar-refractivity contribution in [1.29, 1.82) is 0 Å². The van der Waals surface area contributed by atoms with E-state index in [2.05, 4.69) is 174 Å². The summed E-state index contributed by atoms with van der Waals surface area (Å²) in [5.41, 5.74) is 14.5. The lowest BCUT2D eigenvalue weighted by atomic mass is 9.80. The zero-order chi connectivity index (χ0) is 32.1. The zero-order valence-electron chi connectivity index (χ0n) is 27.8. The Kier molecular flexibility index (Phi) is 5.91. The Bertz CT molecular complexity index is 2480. The second kappa shape index (κ2) is 9.90. The van der Waals surface area contributed by atoms with Crippen LogP contribution >= 0.6 is 0 Å². The predicted octanol–water partition coefficient (Wildman–Crippen LogP) is 13.2. The molecule has 226 valence electrons. The van der Waals surface area contributed by atoms with Gasteiger partial charge in [0.15, 0.2) is 0 Å². The summed E-state index contributed by atoms with van der Waals surface area (Å²) in [6.45, 7) is 11.7. The highest BCUT2D eigenvalue weighted by Gasteiger charge is 2.36. The molecule has 47 heavy (non-hydrogen) atoms. The van der Waals surface area contributed by atoms with Gasteiger partial charge in [0, 0.05) is 5.41 Å². The molecule has 9 rings (SSSR count). The van der Waals surface area contributed by atoms with Crippen LogP contribution in [0.1, 0.15) is 51.3 Å². The van der Waals surface area contributed by atoms with Gasteiger partial charge in [0.2, 0.25) is 0 Å². The normalized spacial score (nSPS) is 13.8. The van der Waals surface area contributed by atoms with E-state index in [1.54, 1.807) is 0 Å². The molecule has 0 heterocycles. The zero-order valence-corrected chi connectivity index (χ0v) is 27.8. The Balaban J connectivity index is 1.14. The Morgan fingerprint density at radius 2 is 0.936 bits per heavy atom. The maximum absolute atomic E-state index is 2.44. The van der Waals surface area contributed by atoms with Gasteiger partial charge in [0.25, 0.3) is 0 Å². The topological polar surface area (TPSA) is 0 Å². The molecular formula is C47H38. The van der Waals surface area contributed by atoms with E-state index in [0.717, 1.165) is 0 Å². The summed E-state index contributed by atoms with van der Waals surface area (Å²) in [4.78, 5) is 0. The quantitative estimate of drug-likeness (QED) is 0.177. The second-order valence-electron chi connectivity index (χ2n) is 15.0. The van der Waals surface area contributed by atoms with Crippen molar-refractivity contribution in [1.82, 2.24) is 0 Å². The minimum Gasteiger partial charge on any atom is -0.0622 e. The minimum absolute atomic E-state index is 0.0813. The maximum atomic E-state index is 2.44. The smallest absolute Gasteiger partial charge is 0.0159 e. The van der Waals surface area contributed by atoms with Crippen LogP contribution in [0.5, 0.6) is 0 Å². The fraction of sp³-hybridized carbons (Fsp3) is 0.149. The van der Waals surface area contributed by atoms with Gasteiger partial charge in [-0.05, 0) is 117 Å².